The first-order valence-electron chi connectivity index (χ1n) is 7.27. The molecule has 8 heteroatoms. The van der Waals surface area contributed by atoms with Gasteiger partial charge in [0.2, 0.25) is 0 Å². The standard InChI is InChI=1S/C15H19N5O.2ClH/c16-11-12-5-1-2-9-19(12)15(21)13-6-3-7-14(18-13)20-10-4-8-17-20;;/h3-4,6-8,10,12H,1-2,5,9,11,16H2;2*1H. The zero-order valence-corrected chi connectivity index (χ0v) is 14.3. The molecule has 1 aliphatic rings. The maximum atomic E-state index is 12.7. The summed E-state index contributed by atoms with van der Waals surface area (Å²) in [5.41, 5.74) is 6.24. The zero-order chi connectivity index (χ0) is 14.7. The van der Waals surface area contributed by atoms with Crippen LogP contribution in [0.4, 0.5) is 0 Å². The summed E-state index contributed by atoms with van der Waals surface area (Å²) in [7, 11) is 0. The third-order valence-electron chi connectivity index (χ3n) is 3.85. The summed E-state index contributed by atoms with van der Waals surface area (Å²) in [5.74, 6) is 0.603. The van der Waals surface area contributed by atoms with E-state index < -0.39 is 0 Å². The fourth-order valence-electron chi connectivity index (χ4n) is 2.73. The molecule has 0 spiro atoms. The molecule has 1 amide bonds. The van der Waals surface area contributed by atoms with Crippen LogP contribution in [0.2, 0.25) is 0 Å². The van der Waals surface area contributed by atoms with Crippen molar-refractivity contribution in [1.29, 1.82) is 0 Å². The van der Waals surface area contributed by atoms with Crippen molar-refractivity contribution in [3.8, 4) is 5.82 Å². The molecule has 1 fully saturated rings. The first-order valence-corrected chi connectivity index (χ1v) is 7.27. The lowest BCUT2D eigenvalue weighted by Crippen LogP contribution is -2.47. The van der Waals surface area contributed by atoms with Gasteiger partial charge in [-0.1, -0.05) is 6.07 Å². The Morgan fingerprint density at radius 3 is 2.78 bits per heavy atom. The molecule has 0 aromatic carbocycles. The SMILES string of the molecule is Cl.Cl.NCC1CCCCN1C(=O)c1cccc(-n2cccn2)n1. The number of carbonyl (C=O) groups excluding carboxylic acids is 1. The summed E-state index contributed by atoms with van der Waals surface area (Å²) < 4.78 is 1.65. The van der Waals surface area contributed by atoms with Crippen LogP contribution in [0.15, 0.2) is 36.7 Å². The number of pyridine rings is 1. The van der Waals surface area contributed by atoms with Gasteiger partial charge in [-0.25, -0.2) is 9.67 Å². The molecule has 6 nitrogen and oxygen atoms in total. The predicted molar refractivity (Wildman–Crippen MR) is 93.6 cm³/mol. The number of nitrogens with zero attached hydrogens (tertiary/aromatic N) is 4. The molecule has 0 bridgehead atoms. The van der Waals surface area contributed by atoms with Crippen LogP contribution in [-0.2, 0) is 0 Å². The lowest BCUT2D eigenvalue weighted by atomic mass is 10.0. The Bertz CT molecular complexity index is 620. The second kappa shape index (κ2) is 8.86. The molecular formula is C15H21Cl2N5O. The van der Waals surface area contributed by atoms with Crippen LogP contribution in [0.3, 0.4) is 0 Å². The first-order chi connectivity index (χ1) is 10.3. The molecule has 1 aliphatic heterocycles. The summed E-state index contributed by atoms with van der Waals surface area (Å²) >= 11 is 0. The molecule has 3 heterocycles. The van der Waals surface area contributed by atoms with E-state index >= 15 is 0 Å². The number of carbonyl (C=O) groups is 1. The van der Waals surface area contributed by atoms with E-state index in [9.17, 15) is 4.79 Å². The van der Waals surface area contributed by atoms with Crippen molar-refractivity contribution in [1.82, 2.24) is 19.7 Å². The summed E-state index contributed by atoms with van der Waals surface area (Å²) in [6.45, 7) is 1.26. The fraction of sp³-hybridized carbons (Fsp3) is 0.400. The molecule has 1 unspecified atom stereocenters. The first kappa shape index (κ1) is 19.4. The van der Waals surface area contributed by atoms with Crippen LogP contribution in [0.25, 0.3) is 5.82 Å². The largest absolute Gasteiger partial charge is 0.333 e. The number of amides is 1. The van der Waals surface area contributed by atoms with Gasteiger partial charge in [-0.3, -0.25) is 4.79 Å². The Balaban J connectivity index is 0.00000132. The molecule has 2 N–H and O–H groups in total. The van der Waals surface area contributed by atoms with Crippen LogP contribution in [-0.4, -0.2) is 44.7 Å². The Morgan fingerprint density at radius 1 is 1.26 bits per heavy atom. The lowest BCUT2D eigenvalue weighted by molar-refractivity contribution is 0.0617. The highest BCUT2D eigenvalue weighted by Crippen LogP contribution is 2.18. The van der Waals surface area contributed by atoms with E-state index in [4.69, 9.17) is 5.73 Å². The average molecular weight is 358 g/mol. The molecule has 23 heavy (non-hydrogen) atoms. The normalized spacial score (nSPS) is 17.1. The number of halogens is 2. The van der Waals surface area contributed by atoms with Gasteiger partial charge in [0.05, 0.1) is 0 Å². The van der Waals surface area contributed by atoms with Gasteiger partial charge in [-0.2, -0.15) is 5.10 Å². The van der Waals surface area contributed by atoms with Crippen molar-refractivity contribution in [2.75, 3.05) is 13.1 Å². The molecule has 0 saturated carbocycles. The van der Waals surface area contributed by atoms with E-state index in [1.165, 1.54) is 0 Å². The van der Waals surface area contributed by atoms with E-state index in [1.54, 1.807) is 23.1 Å². The summed E-state index contributed by atoms with van der Waals surface area (Å²) in [6, 6.07) is 7.36. The van der Waals surface area contributed by atoms with Gasteiger partial charge in [0, 0.05) is 31.5 Å². The number of hydrogen-bond donors (Lipinski definition) is 1. The smallest absolute Gasteiger partial charge is 0.272 e. The average Bonchev–Trinajstić information content (AvgIpc) is 3.09. The molecule has 2 aromatic heterocycles. The minimum atomic E-state index is -0.0424. The molecule has 3 rings (SSSR count). The summed E-state index contributed by atoms with van der Waals surface area (Å²) in [4.78, 5) is 19.0. The van der Waals surface area contributed by atoms with Gasteiger partial charge in [0.1, 0.15) is 5.69 Å². The van der Waals surface area contributed by atoms with Gasteiger partial charge in [-0.05, 0) is 37.5 Å². The topological polar surface area (TPSA) is 77.0 Å². The Kier molecular flexibility index (Phi) is 7.48. The van der Waals surface area contributed by atoms with Gasteiger partial charge >= 0.3 is 0 Å². The highest BCUT2D eigenvalue weighted by atomic mass is 35.5. The molecule has 0 radical (unpaired) electrons. The van der Waals surface area contributed by atoms with Crippen molar-refractivity contribution < 1.29 is 4.79 Å². The van der Waals surface area contributed by atoms with E-state index in [1.807, 2.05) is 23.1 Å². The van der Waals surface area contributed by atoms with Crippen LogP contribution in [0.1, 0.15) is 29.8 Å². The van der Waals surface area contributed by atoms with Crippen LogP contribution in [0.5, 0.6) is 0 Å². The number of rotatable bonds is 3. The Hall–Kier alpha value is -1.63. The molecule has 0 aliphatic carbocycles. The maximum Gasteiger partial charge on any atom is 0.272 e. The van der Waals surface area contributed by atoms with Gasteiger partial charge < -0.3 is 10.6 Å². The third-order valence-corrected chi connectivity index (χ3v) is 3.85. The third kappa shape index (κ3) is 4.22. The number of aromatic nitrogens is 3. The van der Waals surface area contributed by atoms with Crippen molar-refractivity contribution in [2.24, 2.45) is 5.73 Å². The minimum absolute atomic E-state index is 0. The van der Waals surface area contributed by atoms with Crippen molar-refractivity contribution in [3.05, 3.63) is 42.4 Å². The van der Waals surface area contributed by atoms with E-state index in [2.05, 4.69) is 10.1 Å². The van der Waals surface area contributed by atoms with Gasteiger partial charge in [0.15, 0.2) is 5.82 Å². The van der Waals surface area contributed by atoms with Gasteiger partial charge in [-0.15, -0.1) is 24.8 Å². The van der Waals surface area contributed by atoms with Crippen molar-refractivity contribution in [3.63, 3.8) is 0 Å². The van der Waals surface area contributed by atoms with Crippen LogP contribution in [0, 0.1) is 0 Å². The number of piperidine rings is 1. The molecular weight excluding hydrogens is 337 g/mol. The van der Waals surface area contributed by atoms with E-state index in [0.29, 0.717) is 18.1 Å². The Labute approximate surface area is 147 Å². The van der Waals surface area contributed by atoms with Crippen molar-refractivity contribution in [2.45, 2.75) is 25.3 Å². The fourth-order valence-corrected chi connectivity index (χ4v) is 2.73. The highest BCUT2D eigenvalue weighted by molar-refractivity contribution is 5.92. The van der Waals surface area contributed by atoms with E-state index in [0.717, 1.165) is 25.8 Å². The zero-order valence-electron chi connectivity index (χ0n) is 12.7. The van der Waals surface area contributed by atoms with Crippen LogP contribution < -0.4 is 5.73 Å². The molecule has 1 atom stereocenters. The minimum Gasteiger partial charge on any atom is -0.333 e. The summed E-state index contributed by atoms with van der Waals surface area (Å²) in [6.07, 6.45) is 6.63. The van der Waals surface area contributed by atoms with E-state index in [-0.39, 0.29) is 36.8 Å². The lowest BCUT2D eigenvalue weighted by Gasteiger charge is -2.34. The van der Waals surface area contributed by atoms with Gasteiger partial charge in [0.25, 0.3) is 5.91 Å². The highest BCUT2D eigenvalue weighted by Gasteiger charge is 2.27. The van der Waals surface area contributed by atoms with Crippen molar-refractivity contribution >= 4 is 30.7 Å². The number of hydrogen-bond acceptors (Lipinski definition) is 4. The molecule has 126 valence electrons. The van der Waals surface area contributed by atoms with Crippen LogP contribution >= 0.6 is 24.8 Å². The molecule has 1 saturated heterocycles. The second-order valence-corrected chi connectivity index (χ2v) is 5.22. The number of nitrogens with two attached hydrogens (primary N) is 1. The second-order valence-electron chi connectivity index (χ2n) is 5.22. The predicted octanol–water partition coefficient (Wildman–Crippen LogP) is 2.06. The maximum absolute atomic E-state index is 12.7. The monoisotopic (exact) mass is 357 g/mol. The quantitative estimate of drug-likeness (QED) is 0.911. The Morgan fingerprint density at radius 2 is 2.09 bits per heavy atom. The molecule has 2 aromatic rings. The summed E-state index contributed by atoms with van der Waals surface area (Å²) in [5, 5.41) is 4.14. The number of likely N-dealkylation sites (tertiary alicyclic amines) is 1.